The van der Waals surface area contributed by atoms with Crippen molar-refractivity contribution in [3.63, 3.8) is 0 Å². The molecular formula is C23H37IN6O. The zero-order valence-corrected chi connectivity index (χ0v) is 21.3. The number of hydrogen-bond donors (Lipinski definition) is 3. The highest BCUT2D eigenvalue weighted by molar-refractivity contribution is 14.0. The van der Waals surface area contributed by atoms with Crippen molar-refractivity contribution in [3.05, 3.63) is 53.9 Å². The highest BCUT2D eigenvalue weighted by Crippen LogP contribution is 2.20. The fourth-order valence-electron chi connectivity index (χ4n) is 3.82. The third-order valence-electron chi connectivity index (χ3n) is 5.70. The number of guanidine groups is 1. The van der Waals surface area contributed by atoms with E-state index in [1.165, 1.54) is 12.0 Å². The third kappa shape index (κ3) is 8.08. The lowest BCUT2D eigenvalue weighted by atomic mass is 10.0. The molecule has 2 heterocycles. The van der Waals surface area contributed by atoms with E-state index >= 15 is 0 Å². The van der Waals surface area contributed by atoms with Gasteiger partial charge in [-0.05, 0) is 44.7 Å². The van der Waals surface area contributed by atoms with Crippen LogP contribution in [0.25, 0.3) is 0 Å². The van der Waals surface area contributed by atoms with E-state index < -0.39 is 5.60 Å². The molecule has 2 aromatic rings. The van der Waals surface area contributed by atoms with E-state index in [1.54, 1.807) is 17.8 Å². The van der Waals surface area contributed by atoms with Crippen LogP contribution in [0.4, 0.5) is 0 Å². The Kier molecular flexibility index (Phi) is 10.2. The minimum atomic E-state index is -1.04. The summed E-state index contributed by atoms with van der Waals surface area (Å²) in [4.78, 5) is 7.17. The van der Waals surface area contributed by atoms with Gasteiger partial charge in [0.1, 0.15) is 5.60 Å². The SMILES string of the molecule is CCNC(=NCC(C)(O)c1cnn(C)c1)NCC1CCN(CCc2ccccc2)C1.I. The van der Waals surface area contributed by atoms with E-state index in [-0.39, 0.29) is 30.5 Å². The molecule has 2 atom stereocenters. The summed E-state index contributed by atoms with van der Waals surface area (Å²) in [5.74, 6) is 1.37. The molecule has 1 aromatic heterocycles. The van der Waals surface area contributed by atoms with E-state index in [0.717, 1.165) is 50.7 Å². The molecule has 1 aliphatic rings. The van der Waals surface area contributed by atoms with Crippen LogP contribution in [-0.2, 0) is 19.1 Å². The monoisotopic (exact) mass is 540 g/mol. The number of hydrogen-bond acceptors (Lipinski definition) is 4. The van der Waals surface area contributed by atoms with Crippen LogP contribution in [0.1, 0.15) is 31.4 Å². The van der Waals surface area contributed by atoms with Gasteiger partial charge in [0.15, 0.2) is 5.96 Å². The van der Waals surface area contributed by atoms with Crippen molar-refractivity contribution < 1.29 is 5.11 Å². The molecule has 172 valence electrons. The van der Waals surface area contributed by atoms with Crippen LogP contribution >= 0.6 is 24.0 Å². The number of aliphatic imine (C=N–C) groups is 1. The summed E-state index contributed by atoms with van der Waals surface area (Å²) in [7, 11) is 1.85. The topological polar surface area (TPSA) is 77.7 Å². The molecule has 0 radical (unpaired) electrons. The van der Waals surface area contributed by atoms with Crippen LogP contribution in [0.5, 0.6) is 0 Å². The Morgan fingerprint density at radius 3 is 2.74 bits per heavy atom. The number of benzene rings is 1. The number of nitrogens with one attached hydrogen (secondary N) is 2. The van der Waals surface area contributed by atoms with Gasteiger partial charge in [0.05, 0.1) is 12.7 Å². The van der Waals surface area contributed by atoms with Crippen molar-refractivity contribution in [2.75, 3.05) is 39.3 Å². The highest BCUT2D eigenvalue weighted by atomic mass is 127. The normalized spacial score (nSPS) is 19.0. The van der Waals surface area contributed by atoms with E-state index in [9.17, 15) is 5.11 Å². The van der Waals surface area contributed by atoms with Crippen LogP contribution in [-0.4, -0.2) is 65.0 Å². The summed E-state index contributed by atoms with van der Waals surface area (Å²) in [5, 5.41) is 21.7. The molecule has 1 aromatic carbocycles. The summed E-state index contributed by atoms with van der Waals surface area (Å²) >= 11 is 0. The standard InChI is InChI=1S/C23H36N6O.HI/c1-4-24-22(26-18-23(2,30)21-15-27-28(3)17-21)25-14-20-11-13-29(16-20)12-10-19-8-6-5-7-9-19;/h5-9,15,17,20,30H,4,10-14,16,18H2,1-3H3,(H2,24,25,26);1H. The van der Waals surface area contributed by atoms with Gasteiger partial charge in [-0.3, -0.25) is 4.68 Å². The maximum Gasteiger partial charge on any atom is 0.191 e. The first kappa shape index (κ1) is 25.6. The lowest BCUT2D eigenvalue weighted by molar-refractivity contribution is 0.0671. The molecule has 2 unspecified atom stereocenters. The highest BCUT2D eigenvalue weighted by Gasteiger charge is 2.25. The number of rotatable bonds is 9. The van der Waals surface area contributed by atoms with Crippen LogP contribution in [0.15, 0.2) is 47.7 Å². The average Bonchev–Trinajstić information content (AvgIpc) is 3.39. The van der Waals surface area contributed by atoms with Crippen molar-refractivity contribution in [1.29, 1.82) is 0 Å². The molecule has 0 saturated carbocycles. The molecule has 3 rings (SSSR count). The molecule has 0 bridgehead atoms. The van der Waals surface area contributed by atoms with Gasteiger partial charge in [-0.1, -0.05) is 30.3 Å². The van der Waals surface area contributed by atoms with E-state index in [4.69, 9.17) is 0 Å². The lowest BCUT2D eigenvalue weighted by Gasteiger charge is -2.21. The second kappa shape index (κ2) is 12.4. The Morgan fingerprint density at radius 1 is 1.29 bits per heavy atom. The largest absolute Gasteiger partial charge is 0.383 e. The zero-order chi connectivity index (χ0) is 21.4. The number of aryl methyl sites for hydroxylation is 1. The van der Waals surface area contributed by atoms with Gasteiger partial charge >= 0.3 is 0 Å². The second-order valence-electron chi connectivity index (χ2n) is 8.44. The molecule has 0 spiro atoms. The molecule has 1 aliphatic heterocycles. The Bertz CT molecular complexity index is 807. The molecule has 0 aliphatic carbocycles. The Hall–Kier alpha value is -1.65. The van der Waals surface area contributed by atoms with Gasteiger partial charge in [0.25, 0.3) is 0 Å². The van der Waals surface area contributed by atoms with E-state index in [0.29, 0.717) is 5.92 Å². The number of halogens is 1. The first-order chi connectivity index (χ1) is 14.5. The first-order valence-electron chi connectivity index (χ1n) is 11.0. The average molecular weight is 540 g/mol. The third-order valence-corrected chi connectivity index (χ3v) is 5.70. The van der Waals surface area contributed by atoms with Crippen molar-refractivity contribution in [2.45, 2.75) is 32.3 Å². The summed E-state index contributed by atoms with van der Waals surface area (Å²) < 4.78 is 1.70. The molecule has 3 N–H and O–H groups in total. The maximum absolute atomic E-state index is 10.8. The van der Waals surface area contributed by atoms with Crippen molar-refractivity contribution in [3.8, 4) is 0 Å². The second-order valence-corrected chi connectivity index (χ2v) is 8.44. The van der Waals surface area contributed by atoms with Gasteiger partial charge in [0.2, 0.25) is 0 Å². The predicted molar refractivity (Wildman–Crippen MR) is 137 cm³/mol. The molecular weight excluding hydrogens is 503 g/mol. The fourth-order valence-corrected chi connectivity index (χ4v) is 3.82. The van der Waals surface area contributed by atoms with Gasteiger partial charge in [-0.15, -0.1) is 24.0 Å². The van der Waals surface area contributed by atoms with Crippen molar-refractivity contribution >= 4 is 29.9 Å². The summed E-state index contributed by atoms with van der Waals surface area (Å²) in [5.41, 5.74) is 1.13. The Morgan fingerprint density at radius 2 is 2.06 bits per heavy atom. The predicted octanol–water partition coefficient (Wildman–Crippen LogP) is 2.37. The Labute approximate surface area is 203 Å². The van der Waals surface area contributed by atoms with Crippen molar-refractivity contribution in [1.82, 2.24) is 25.3 Å². The summed E-state index contributed by atoms with van der Waals surface area (Å²) in [6.07, 6.45) is 5.83. The summed E-state index contributed by atoms with van der Waals surface area (Å²) in [6, 6.07) is 10.7. The van der Waals surface area contributed by atoms with Crippen LogP contribution in [0, 0.1) is 5.92 Å². The minimum Gasteiger partial charge on any atom is -0.383 e. The van der Waals surface area contributed by atoms with Gasteiger partial charge in [-0.2, -0.15) is 5.10 Å². The molecule has 1 fully saturated rings. The fraction of sp³-hybridized carbons (Fsp3) is 0.565. The summed E-state index contributed by atoms with van der Waals surface area (Å²) in [6.45, 7) is 9.17. The smallest absolute Gasteiger partial charge is 0.191 e. The molecule has 1 saturated heterocycles. The molecule has 0 amide bonds. The van der Waals surface area contributed by atoms with Crippen LogP contribution < -0.4 is 10.6 Å². The first-order valence-corrected chi connectivity index (χ1v) is 11.0. The molecule has 31 heavy (non-hydrogen) atoms. The minimum absolute atomic E-state index is 0. The van der Waals surface area contributed by atoms with E-state index in [2.05, 4.69) is 62.9 Å². The molecule has 7 nitrogen and oxygen atoms in total. The van der Waals surface area contributed by atoms with Crippen molar-refractivity contribution in [2.24, 2.45) is 18.0 Å². The quantitative estimate of drug-likeness (QED) is 0.259. The zero-order valence-electron chi connectivity index (χ0n) is 18.9. The molecule has 8 heteroatoms. The van der Waals surface area contributed by atoms with Crippen LogP contribution in [0.2, 0.25) is 0 Å². The Balaban J connectivity index is 0.00000341. The number of nitrogens with zero attached hydrogens (tertiary/aromatic N) is 4. The lowest BCUT2D eigenvalue weighted by Crippen LogP contribution is -2.41. The van der Waals surface area contributed by atoms with Gasteiger partial charge in [0, 0.05) is 45.0 Å². The van der Waals surface area contributed by atoms with Crippen LogP contribution in [0.3, 0.4) is 0 Å². The maximum atomic E-state index is 10.8. The number of aliphatic hydroxyl groups is 1. The number of aromatic nitrogens is 2. The number of likely N-dealkylation sites (tertiary alicyclic amines) is 1. The van der Waals surface area contributed by atoms with Gasteiger partial charge in [-0.25, -0.2) is 4.99 Å². The van der Waals surface area contributed by atoms with E-state index in [1.807, 2.05) is 13.2 Å². The van der Waals surface area contributed by atoms with Gasteiger partial charge < -0.3 is 20.6 Å².